The summed E-state index contributed by atoms with van der Waals surface area (Å²) >= 11 is 5.98. The van der Waals surface area contributed by atoms with Crippen molar-refractivity contribution >= 4 is 27.0 Å². The average molecular weight is 181 g/mol. The van der Waals surface area contributed by atoms with E-state index in [0.29, 0.717) is 5.04 Å². The van der Waals surface area contributed by atoms with Crippen molar-refractivity contribution in [3.05, 3.63) is 0 Å². The van der Waals surface area contributed by atoms with Crippen molar-refractivity contribution in [2.45, 2.75) is 38.9 Å². The molecule has 0 amide bonds. The third-order valence-electron chi connectivity index (χ3n) is 2.36. The van der Waals surface area contributed by atoms with Crippen LogP contribution in [0.1, 0.15) is 20.8 Å². The van der Waals surface area contributed by atoms with Gasteiger partial charge in [-0.3, -0.25) is 0 Å². The Balaban J connectivity index is 4.14. The molecule has 0 aromatic rings. The van der Waals surface area contributed by atoms with Gasteiger partial charge in [-0.2, -0.15) is 11.1 Å². The zero-order valence-corrected chi connectivity index (χ0v) is 10.3. The van der Waals surface area contributed by atoms with Crippen LogP contribution in [-0.4, -0.2) is 15.9 Å². The molecule has 0 rings (SSSR count). The molecule has 0 nitrogen and oxygen atoms in total. The quantitative estimate of drug-likeness (QED) is 0.430. The largest absolute Gasteiger partial charge is 0.180 e. The molecule has 0 spiro atoms. The van der Waals surface area contributed by atoms with Crippen molar-refractivity contribution in [1.29, 1.82) is 0 Å². The van der Waals surface area contributed by atoms with E-state index in [2.05, 4.69) is 33.9 Å². The Morgan fingerprint density at radius 1 is 1.22 bits per heavy atom. The van der Waals surface area contributed by atoms with E-state index >= 15 is 0 Å². The fraction of sp³-hybridized carbons (Fsp3) is 1.00. The summed E-state index contributed by atoms with van der Waals surface area (Å²) in [5.74, 6) is 0. The van der Waals surface area contributed by atoms with Crippen LogP contribution in [0, 0.1) is 0 Å². The Morgan fingerprint density at radius 3 is 1.56 bits per heavy atom. The summed E-state index contributed by atoms with van der Waals surface area (Å²) in [4.78, 5) is 0. The molecule has 0 aliphatic carbocycles. The fourth-order valence-corrected chi connectivity index (χ4v) is 5.41. The number of hydrogen-bond acceptors (Lipinski definition) is 0. The highest BCUT2D eigenvalue weighted by molar-refractivity contribution is 7.41. The maximum atomic E-state index is 5.98. The van der Waals surface area contributed by atoms with Crippen molar-refractivity contribution in [1.82, 2.24) is 0 Å². The van der Waals surface area contributed by atoms with Crippen molar-refractivity contribution < 1.29 is 0 Å². The third kappa shape index (κ3) is 2.44. The molecule has 0 atom stereocenters. The molecule has 0 aromatic carbocycles. The molecule has 56 valence electrons. The normalized spacial score (nSPS) is 15.3. The van der Waals surface area contributed by atoms with E-state index < -0.39 is 7.59 Å². The van der Waals surface area contributed by atoms with Crippen LogP contribution in [0.3, 0.4) is 0 Å². The summed E-state index contributed by atoms with van der Waals surface area (Å²) < 4.78 is 0. The molecular formula is C6H17ClSi2. The van der Waals surface area contributed by atoms with Gasteiger partial charge in [-0.15, -0.1) is 0 Å². The van der Waals surface area contributed by atoms with Crippen molar-refractivity contribution in [3.8, 4) is 0 Å². The zero-order valence-electron chi connectivity index (χ0n) is 7.09. The minimum absolute atomic E-state index is 0.251. The van der Waals surface area contributed by atoms with Gasteiger partial charge < -0.3 is 0 Å². The van der Waals surface area contributed by atoms with Gasteiger partial charge in [-0.25, -0.2) is 0 Å². The lowest BCUT2D eigenvalue weighted by molar-refractivity contribution is 0.735. The molecule has 9 heavy (non-hydrogen) atoms. The van der Waals surface area contributed by atoms with Gasteiger partial charge in [0.1, 0.15) is 8.35 Å². The summed E-state index contributed by atoms with van der Waals surface area (Å²) in [5.41, 5.74) is 0. The van der Waals surface area contributed by atoms with E-state index in [-0.39, 0.29) is 8.35 Å². The van der Waals surface area contributed by atoms with Gasteiger partial charge in [0.05, 0.1) is 7.59 Å². The molecule has 0 unspecified atom stereocenters. The van der Waals surface area contributed by atoms with Gasteiger partial charge in [-0.05, 0) is 5.04 Å². The van der Waals surface area contributed by atoms with Crippen LogP contribution in [0.15, 0.2) is 0 Å². The summed E-state index contributed by atoms with van der Waals surface area (Å²) in [7, 11) is -1.23. The standard InChI is InChI=1S/C6H17ClSi2/c1-6(2,3)9(4,5)8-7/h8H2,1-5H3. The van der Waals surface area contributed by atoms with E-state index in [1.165, 1.54) is 0 Å². The Bertz CT molecular complexity index is 93.7. The summed E-state index contributed by atoms with van der Waals surface area (Å²) in [6, 6.07) is 0. The Hall–Kier alpha value is 0.724. The maximum absolute atomic E-state index is 5.98. The molecule has 0 N–H and O–H groups in total. The van der Waals surface area contributed by atoms with Crippen LogP contribution in [0.2, 0.25) is 18.1 Å². The van der Waals surface area contributed by atoms with Gasteiger partial charge in [0.2, 0.25) is 0 Å². The lowest BCUT2D eigenvalue weighted by Gasteiger charge is -2.34. The van der Waals surface area contributed by atoms with Crippen LogP contribution in [0.25, 0.3) is 0 Å². The average Bonchev–Trinajstić information content (AvgIpc) is 1.64. The lowest BCUT2D eigenvalue weighted by Crippen LogP contribution is -2.41. The third-order valence-corrected chi connectivity index (χ3v) is 18.3. The van der Waals surface area contributed by atoms with Gasteiger partial charge in [-0.1, -0.05) is 33.9 Å². The first-order valence-electron chi connectivity index (χ1n) is 3.37. The highest BCUT2D eigenvalue weighted by Gasteiger charge is 2.34. The van der Waals surface area contributed by atoms with Crippen LogP contribution >= 0.6 is 11.1 Å². The topological polar surface area (TPSA) is 0 Å². The number of hydrogen-bond donors (Lipinski definition) is 0. The van der Waals surface area contributed by atoms with E-state index in [1.54, 1.807) is 0 Å². The Morgan fingerprint density at radius 2 is 1.56 bits per heavy atom. The molecule has 0 aromatic heterocycles. The number of rotatable bonds is 1. The second-order valence-corrected chi connectivity index (χ2v) is 18.3. The Labute approximate surface area is 66.3 Å². The first kappa shape index (κ1) is 9.72. The molecule has 0 fully saturated rings. The first-order valence-corrected chi connectivity index (χ1v) is 10.8. The van der Waals surface area contributed by atoms with E-state index in [0.717, 1.165) is 0 Å². The fourth-order valence-electron chi connectivity index (χ4n) is 0.200. The molecule has 0 saturated carbocycles. The molecular weight excluding hydrogens is 164 g/mol. The van der Waals surface area contributed by atoms with Crippen molar-refractivity contribution in [2.24, 2.45) is 0 Å². The van der Waals surface area contributed by atoms with Gasteiger partial charge in [0, 0.05) is 0 Å². The molecule has 0 heterocycles. The molecule has 0 aliphatic rings. The molecule has 0 radical (unpaired) electrons. The van der Waals surface area contributed by atoms with Gasteiger partial charge >= 0.3 is 0 Å². The SMILES string of the molecule is CC(C)(C)[Si](C)(C)[SiH2]Cl. The monoisotopic (exact) mass is 180 g/mol. The molecule has 0 bridgehead atoms. The van der Waals surface area contributed by atoms with E-state index in [4.69, 9.17) is 11.1 Å². The predicted octanol–water partition coefficient (Wildman–Crippen LogP) is 2.31. The second-order valence-electron chi connectivity index (χ2n) is 4.27. The zero-order chi connectivity index (χ0) is 7.71. The number of halogens is 1. The van der Waals surface area contributed by atoms with E-state index in [9.17, 15) is 0 Å². The molecule has 3 heteroatoms. The van der Waals surface area contributed by atoms with Crippen molar-refractivity contribution in [2.75, 3.05) is 0 Å². The highest BCUT2D eigenvalue weighted by atomic mass is 35.6. The minimum Gasteiger partial charge on any atom is -0.180 e. The smallest absolute Gasteiger partial charge is 0.117 e. The predicted molar refractivity (Wildman–Crippen MR) is 51.6 cm³/mol. The highest BCUT2D eigenvalue weighted by Crippen LogP contribution is 2.35. The van der Waals surface area contributed by atoms with Crippen molar-refractivity contribution in [3.63, 3.8) is 0 Å². The second kappa shape index (κ2) is 2.76. The minimum atomic E-state index is -0.975. The van der Waals surface area contributed by atoms with E-state index in [1.807, 2.05) is 0 Å². The molecule has 0 saturated heterocycles. The maximum Gasteiger partial charge on any atom is 0.117 e. The summed E-state index contributed by atoms with van der Waals surface area (Å²) in [6.07, 6.45) is 0. The summed E-state index contributed by atoms with van der Waals surface area (Å²) in [5, 5.41) is 0.515. The van der Waals surface area contributed by atoms with Crippen LogP contribution in [0.4, 0.5) is 0 Å². The van der Waals surface area contributed by atoms with Crippen LogP contribution in [-0.2, 0) is 0 Å². The molecule has 0 aliphatic heterocycles. The van der Waals surface area contributed by atoms with Crippen LogP contribution < -0.4 is 0 Å². The van der Waals surface area contributed by atoms with Gasteiger partial charge in [0.25, 0.3) is 0 Å². The van der Waals surface area contributed by atoms with Crippen LogP contribution in [0.5, 0.6) is 0 Å². The Kier molecular flexibility index (Phi) is 2.99. The van der Waals surface area contributed by atoms with Gasteiger partial charge in [0.15, 0.2) is 0 Å². The lowest BCUT2D eigenvalue weighted by atomic mass is 10.2. The first-order chi connectivity index (χ1) is 3.81. The summed E-state index contributed by atoms with van der Waals surface area (Å²) in [6.45, 7) is 11.7.